The van der Waals surface area contributed by atoms with Crippen LogP contribution < -0.4 is 9.47 Å². The van der Waals surface area contributed by atoms with Gasteiger partial charge in [0.05, 0.1) is 19.6 Å². The van der Waals surface area contributed by atoms with Crippen LogP contribution >= 0.6 is 23.5 Å². The molecule has 0 N–H and O–H groups in total. The maximum absolute atomic E-state index is 6.48. The zero-order valence-electron chi connectivity index (χ0n) is 32.3. The molecule has 10 aromatic rings. The number of hydrogen-bond acceptors (Lipinski definition) is 4. The Bertz CT molecular complexity index is 3130. The topological polar surface area (TPSA) is 18.5 Å². The number of rotatable bonds is 5. The van der Waals surface area contributed by atoms with Crippen LogP contribution in [-0.4, -0.2) is 0 Å². The third kappa shape index (κ3) is 5.75. The summed E-state index contributed by atoms with van der Waals surface area (Å²) >= 11 is 3.57. The molecule has 60 heavy (non-hydrogen) atoms. The summed E-state index contributed by atoms with van der Waals surface area (Å²) in [5, 5.41) is 4.85. The van der Waals surface area contributed by atoms with Crippen LogP contribution in [0.1, 0.15) is 0 Å². The lowest BCUT2D eigenvalue weighted by atomic mass is 9.84. The lowest BCUT2D eigenvalue weighted by Gasteiger charge is -2.24. The van der Waals surface area contributed by atoms with Crippen molar-refractivity contribution in [1.29, 1.82) is 0 Å². The van der Waals surface area contributed by atoms with Gasteiger partial charge in [0.15, 0.2) is 0 Å². The van der Waals surface area contributed by atoms with Crippen molar-refractivity contribution in [2.24, 2.45) is 0 Å². The Hall–Kier alpha value is -6.98. The molecule has 0 fully saturated rings. The SMILES string of the molecule is c1ccc(-c2c3cccc(-c4ccccc4-c4cccc5c4Sc4ccccc4O5)c3cc3c(-c4ccccc4-c4cccc5c4Sc4ccccc4O5)cccc23)cc1. The van der Waals surface area contributed by atoms with E-state index < -0.39 is 0 Å². The Balaban J connectivity index is 1.09. The first-order valence-electron chi connectivity index (χ1n) is 20.2. The van der Waals surface area contributed by atoms with Crippen molar-refractivity contribution in [2.75, 3.05) is 0 Å². The van der Waals surface area contributed by atoms with Crippen molar-refractivity contribution in [3.05, 3.63) is 206 Å². The van der Waals surface area contributed by atoms with Crippen LogP contribution in [0.2, 0.25) is 0 Å². The van der Waals surface area contributed by atoms with Crippen molar-refractivity contribution in [3.8, 4) is 78.6 Å². The van der Waals surface area contributed by atoms with Gasteiger partial charge in [-0.2, -0.15) is 0 Å². The molecule has 10 aromatic carbocycles. The summed E-state index contributed by atoms with van der Waals surface area (Å²) in [6.07, 6.45) is 0. The number of benzene rings is 10. The van der Waals surface area contributed by atoms with Crippen LogP contribution in [-0.2, 0) is 0 Å². The molecule has 2 aliphatic heterocycles. The highest BCUT2D eigenvalue weighted by molar-refractivity contribution is 8.00. The highest BCUT2D eigenvalue weighted by Crippen LogP contribution is 2.54. The molecule has 0 bridgehead atoms. The predicted molar refractivity (Wildman–Crippen MR) is 250 cm³/mol. The lowest BCUT2D eigenvalue weighted by molar-refractivity contribution is 0.455. The van der Waals surface area contributed by atoms with Gasteiger partial charge in [-0.3, -0.25) is 0 Å². The van der Waals surface area contributed by atoms with Crippen molar-refractivity contribution < 1.29 is 9.47 Å². The van der Waals surface area contributed by atoms with Gasteiger partial charge in [0.2, 0.25) is 0 Å². The number of hydrogen-bond donors (Lipinski definition) is 0. The highest BCUT2D eigenvalue weighted by Gasteiger charge is 2.25. The molecule has 2 nitrogen and oxygen atoms in total. The van der Waals surface area contributed by atoms with Gasteiger partial charge in [-0.05, 0) is 120 Å². The van der Waals surface area contributed by atoms with Crippen LogP contribution in [0.5, 0.6) is 23.0 Å². The Kier molecular flexibility index (Phi) is 8.39. The largest absolute Gasteiger partial charge is 0.455 e. The minimum Gasteiger partial charge on any atom is -0.455 e. The van der Waals surface area contributed by atoms with Crippen LogP contribution in [0.25, 0.3) is 77.2 Å². The van der Waals surface area contributed by atoms with Crippen LogP contribution in [0.3, 0.4) is 0 Å². The molecular weight excluding hydrogens is 769 g/mol. The van der Waals surface area contributed by atoms with Gasteiger partial charge in [0.1, 0.15) is 23.0 Å². The van der Waals surface area contributed by atoms with E-state index in [1.54, 1.807) is 23.5 Å². The normalized spacial score (nSPS) is 12.5. The summed E-state index contributed by atoms with van der Waals surface area (Å²) < 4.78 is 13.0. The summed E-state index contributed by atoms with van der Waals surface area (Å²) in [4.78, 5) is 4.51. The third-order valence-corrected chi connectivity index (χ3v) is 14.0. The Morgan fingerprint density at radius 2 is 0.633 bits per heavy atom. The average molecular weight is 803 g/mol. The maximum Gasteiger partial charge on any atom is 0.142 e. The van der Waals surface area contributed by atoms with Crippen molar-refractivity contribution in [1.82, 2.24) is 0 Å². The minimum absolute atomic E-state index is 0.887. The van der Waals surface area contributed by atoms with Crippen LogP contribution in [0.15, 0.2) is 226 Å². The molecule has 0 unspecified atom stereocenters. The summed E-state index contributed by atoms with van der Waals surface area (Å²) in [6.45, 7) is 0. The Labute approximate surface area is 357 Å². The molecule has 4 heteroatoms. The molecule has 282 valence electrons. The highest BCUT2D eigenvalue weighted by atomic mass is 32.2. The molecule has 0 saturated carbocycles. The molecule has 0 radical (unpaired) electrons. The second kappa shape index (κ2) is 14.4. The van der Waals surface area contributed by atoms with E-state index in [-0.39, 0.29) is 0 Å². The minimum atomic E-state index is 0.887. The molecule has 0 atom stereocenters. The third-order valence-electron chi connectivity index (χ3n) is 11.6. The summed E-state index contributed by atoms with van der Waals surface area (Å²) in [5.41, 5.74) is 11.8. The van der Waals surface area contributed by atoms with Gasteiger partial charge in [-0.1, -0.05) is 187 Å². The van der Waals surface area contributed by atoms with E-state index in [2.05, 4.69) is 182 Å². The Morgan fingerprint density at radius 3 is 1.13 bits per heavy atom. The summed E-state index contributed by atoms with van der Waals surface area (Å²) in [6, 6.07) is 74.0. The molecule has 0 spiro atoms. The lowest BCUT2D eigenvalue weighted by Crippen LogP contribution is -1.98. The molecule has 0 aromatic heterocycles. The van der Waals surface area contributed by atoms with Gasteiger partial charge in [0.25, 0.3) is 0 Å². The predicted octanol–water partition coefficient (Wildman–Crippen LogP) is 16.8. The monoisotopic (exact) mass is 802 g/mol. The Morgan fingerprint density at radius 1 is 0.267 bits per heavy atom. The van der Waals surface area contributed by atoms with Gasteiger partial charge < -0.3 is 9.47 Å². The molecule has 12 rings (SSSR count). The zero-order chi connectivity index (χ0) is 39.6. The van der Waals surface area contributed by atoms with Crippen molar-refractivity contribution >= 4 is 45.1 Å². The van der Waals surface area contributed by atoms with Crippen molar-refractivity contribution in [2.45, 2.75) is 19.6 Å². The van der Waals surface area contributed by atoms with E-state index in [0.29, 0.717) is 0 Å². The summed E-state index contributed by atoms with van der Waals surface area (Å²) in [5.74, 6) is 3.57. The first-order chi connectivity index (χ1) is 29.8. The standard InChI is InChI=1S/C56H34O2S2/c1-2-16-35(17-3-1)54-42-24-12-22-40(36-18-4-6-20-38(36)44-26-14-30-50-55(44)59-52-32-10-8-28-48(52)57-50)46(42)34-47-41(23-13-25-43(47)54)37-19-5-7-21-39(37)45-27-15-31-51-56(45)60-53-33-11-9-29-49(53)58-51/h1-34H. The van der Waals surface area contributed by atoms with Gasteiger partial charge >= 0.3 is 0 Å². The second-order valence-electron chi connectivity index (χ2n) is 15.1. The first-order valence-corrected chi connectivity index (χ1v) is 21.8. The van der Waals surface area contributed by atoms with Gasteiger partial charge in [-0.15, -0.1) is 0 Å². The van der Waals surface area contributed by atoms with E-state index in [9.17, 15) is 0 Å². The fourth-order valence-corrected chi connectivity index (χ4v) is 11.1. The van der Waals surface area contributed by atoms with E-state index in [1.807, 2.05) is 24.3 Å². The van der Waals surface area contributed by atoms with Gasteiger partial charge in [0, 0.05) is 0 Å². The smallest absolute Gasteiger partial charge is 0.142 e. The molecule has 0 aliphatic carbocycles. The fraction of sp³-hybridized carbons (Fsp3) is 0. The molecule has 2 heterocycles. The number of fused-ring (bicyclic) bond motifs is 6. The maximum atomic E-state index is 6.48. The van der Waals surface area contributed by atoms with Crippen LogP contribution in [0.4, 0.5) is 0 Å². The molecule has 0 saturated heterocycles. The van der Waals surface area contributed by atoms with Crippen molar-refractivity contribution in [3.63, 3.8) is 0 Å². The number of ether oxygens (including phenoxy) is 2. The van der Waals surface area contributed by atoms with Crippen LogP contribution in [0, 0.1) is 0 Å². The van der Waals surface area contributed by atoms with E-state index in [0.717, 1.165) is 53.7 Å². The average Bonchev–Trinajstić information content (AvgIpc) is 3.31. The molecule has 2 aliphatic rings. The zero-order valence-corrected chi connectivity index (χ0v) is 33.9. The molecular formula is C56H34O2S2. The number of para-hydroxylation sites is 2. The van der Waals surface area contributed by atoms with E-state index in [4.69, 9.17) is 9.47 Å². The summed E-state index contributed by atoms with van der Waals surface area (Å²) in [7, 11) is 0. The van der Waals surface area contributed by atoms with E-state index in [1.165, 1.54) is 66.1 Å². The molecule has 0 amide bonds. The first kappa shape index (κ1) is 35.0. The fourth-order valence-electron chi connectivity index (χ4n) is 8.98. The quantitative estimate of drug-likeness (QED) is 0.161. The van der Waals surface area contributed by atoms with E-state index >= 15 is 0 Å². The second-order valence-corrected chi connectivity index (χ2v) is 17.2. The van der Waals surface area contributed by atoms with Gasteiger partial charge in [-0.25, -0.2) is 0 Å².